The maximum absolute atomic E-state index is 12.4. The van der Waals surface area contributed by atoms with Gasteiger partial charge in [0.1, 0.15) is 5.52 Å². The number of ketones is 1. The second-order valence-electron chi connectivity index (χ2n) is 5.18. The number of hydrogen-bond acceptors (Lipinski definition) is 7. The third-order valence-electron chi connectivity index (χ3n) is 3.02. The first-order valence-corrected chi connectivity index (χ1v) is 8.45. The highest BCUT2D eigenvalue weighted by atomic mass is 32.2. The van der Waals surface area contributed by atoms with Gasteiger partial charge in [0.15, 0.2) is 10.7 Å². The van der Waals surface area contributed by atoms with E-state index in [0.717, 1.165) is 11.8 Å². The van der Waals surface area contributed by atoms with Gasteiger partial charge in [-0.2, -0.15) is 0 Å². The van der Waals surface area contributed by atoms with E-state index in [1.807, 2.05) is 18.2 Å². The zero-order chi connectivity index (χ0) is 16.4. The number of Topliss-reactive ketones (excluding diaryl/α,β-unsaturated/α-hetero) is 1. The molecule has 0 spiro atoms. The molecular formula is C15H13N3O3S2. The van der Waals surface area contributed by atoms with Crippen molar-refractivity contribution in [3.05, 3.63) is 35.8 Å². The van der Waals surface area contributed by atoms with E-state index in [1.165, 1.54) is 11.3 Å². The average Bonchev–Trinajstić information content (AvgIpc) is 3.14. The Labute approximate surface area is 140 Å². The zero-order valence-electron chi connectivity index (χ0n) is 12.4. The summed E-state index contributed by atoms with van der Waals surface area (Å²) in [4.78, 5) is 32.7. The van der Waals surface area contributed by atoms with Crippen LogP contribution in [0.15, 0.2) is 45.5 Å². The highest BCUT2D eigenvalue weighted by Gasteiger charge is 2.36. The second-order valence-corrected chi connectivity index (χ2v) is 7.65. The number of oxazole rings is 1. The molecule has 1 N–H and O–H groups in total. The maximum Gasteiger partial charge on any atom is 0.295 e. The van der Waals surface area contributed by atoms with Crippen LogP contribution in [0.4, 0.5) is 5.13 Å². The molecule has 3 aromatic rings. The largest absolute Gasteiger partial charge is 0.431 e. The molecule has 23 heavy (non-hydrogen) atoms. The van der Waals surface area contributed by atoms with Gasteiger partial charge in [0, 0.05) is 11.6 Å². The quantitative estimate of drug-likeness (QED) is 0.563. The van der Waals surface area contributed by atoms with Crippen molar-refractivity contribution < 1.29 is 14.0 Å². The summed E-state index contributed by atoms with van der Waals surface area (Å²) in [5.41, 5.74) is 1.36. The molecule has 0 aliphatic heterocycles. The molecule has 0 saturated carbocycles. The molecule has 0 radical (unpaired) electrons. The lowest BCUT2D eigenvalue weighted by molar-refractivity contribution is -0.135. The number of rotatable bonds is 5. The summed E-state index contributed by atoms with van der Waals surface area (Å²) in [7, 11) is 0. The average molecular weight is 347 g/mol. The number of para-hydroxylation sites is 2. The van der Waals surface area contributed by atoms with Gasteiger partial charge in [0.2, 0.25) is 5.78 Å². The van der Waals surface area contributed by atoms with Gasteiger partial charge >= 0.3 is 0 Å². The zero-order valence-corrected chi connectivity index (χ0v) is 14.0. The Morgan fingerprint density at radius 3 is 2.78 bits per heavy atom. The summed E-state index contributed by atoms with van der Waals surface area (Å²) in [6.07, 6.45) is 1.56. The van der Waals surface area contributed by atoms with Crippen molar-refractivity contribution in [3.8, 4) is 0 Å². The van der Waals surface area contributed by atoms with Crippen molar-refractivity contribution in [2.24, 2.45) is 0 Å². The minimum atomic E-state index is -1.01. The molecular weight excluding hydrogens is 334 g/mol. The lowest BCUT2D eigenvalue weighted by Crippen LogP contribution is -2.38. The van der Waals surface area contributed by atoms with Crippen LogP contribution in [-0.4, -0.2) is 26.4 Å². The number of anilines is 1. The molecule has 8 heteroatoms. The third-order valence-corrected chi connectivity index (χ3v) is 4.76. The summed E-state index contributed by atoms with van der Waals surface area (Å²) in [6, 6.07) is 7.33. The van der Waals surface area contributed by atoms with Gasteiger partial charge in [-0.3, -0.25) is 14.9 Å². The Hall–Kier alpha value is -2.19. The van der Waals surface area contributed by atoms with Gasteiger partial charge in [-0.25, -0.2) is 9.97 Å². The fourth-order valence-corrected chi connectivity index (χ4v) is 3.29. The normalized spacial score (nSPS) is 11.6. The molecule has 118 valence electrons. The first-order chi connectivity index (χ1) is 11.0. The molecule has 6 nitrogen and oxygen atoms in total. The van der Waals surface area contributed by atoms with Crippen LogP contribution in [0.3, 0.4) is 0 Å². The van der Waals surface area contributed by atoms with Crippen LogP contribution in [-0.2, 0) is 9.59 Å². The van der Waals surface area contributed by atoms with Crippen molar-refractivity contribution in [2.75, 3.05) is 5.32 Å². The number of benzene rings is 1. The fraction of sp³-hybridized carbons (Fsp3) is 0.200. The smallest absolute Gasteiger partial charge is 0.295 e. The highest BCUT2D eigenvalue weighted by Crippen LogP contribution is 2.34. The van der Waals surface area contributed by atoms with E-state index >= 15 is 0 Å². The van der Waals surface area contributed by atoms with E-state index in [9.17, 15) is 9.59 Å². The molecule has 0 aliphatic carbocycles. The lowest BCUT2D eigenvalue weighted by atomic mass is 10.1. The Kier molecular flexibility index (Phi) is 4.18. The van der Waals surface area contributed by atoms with Crippen molar-refractivity contribution >= 4 is 51.0 Å². The van der Waals surface area contributed by atoms with Gasteiger partial charge in [-0.15, -0.1) is 11.3 Å². The van der Waals surface area contributed by atoms with E-state index < -0.39 is 16.4 Å². The number of thioether (sulfide) groups is 1. The van der Waals surface area contributed by atoms with E-state index in [4.69, 9.17) is 4.42 Å². The molecule has 0 saturated heterocycles. The number of nitrogens with one attached hydrogen (secondary N) is 1. The molecule has 0 fully saturated rings. The van der Waals surface area contributed by atoms with Gasteiger partial charge < -0.3 is 4.42 Å². The number of hydrogen-bond donors (Lipinski definition) is 1. The lowest BCUT2D eigenvalue weighted by Gasteiger charge is -2.19. The second kappa shape index (κ2) is 6.13. The summed E-state index contributed by atoms with van der Waals surface area (Å²) in [5.74, 6) is -1.27. The predicted molar refractivity (Wildman–Crippen MR) is 89.7 cm³/mol. The topological polar surface area (TPSA) is 85.1 Å². The number of carbonyl (C=O) groups excluding carboxylic acids is 2. The number of carbonyl (C=O) groups is 2. The van der Waals surface area contributed by atoms with Gasteiger partial charge in [-0.1, -0.05) is 23.9 Å². The molecule has 2 aromatic heterocycles. The number of aromatic nitrogens is 2. The standard InChI is InChI=1S/C15H13N3O3S2/c1-15(2,11(19)12(20)18-13-16-7-8-22-13)23-14-17-9-5-3-4-6-10(9)21-14/h3-8H,1-2H3,(H,16,18,20). The van der Waals surface area contributed by atoms with Crippen molar-refractivity contribution in [1.82, 2.24) is 9.97 Å². The van der Waals surface area contributed by atoms with E-state index in [1.54, 1.807) is 31.5 Å². The van der Waals surface area contributed by atoms with Crippen LogP contribution in [0, 0.1) is 0 Å². The number of thiazole rings is 1. The van der Waals surface area contributed by atoms with Crippen molar-refractivity contribution in [2.45, 2.75) is 23.8 Å². The van der Waals surface area contributed by atoms with Gasteiger partial charge in [-0.05, 0) is 26.0 Å². The Morgan fingerprint density at radius 1 is 1.30 bits per heavy atom. The molecule has 0 bridgehead atoms. The Morgan fingerprint density at radius 2 is 2.09 bits per heavy atom. The minimum absolute atomic E-state index is 0.353. The van der Waals surface area contributed by atoms with E-state index in [0.29, 0.717) is 21.5 Å². The SMILES string of the molecule is CC(C)(Sc1nc2ccccc2o1)C(=O)C(=O)Nc1nccs1. The first kappa shape index (κ1) is 15.7. The molecule has 1 aromatic carbocycles. The van der Waals surface area contributed by atoms with Crippen LogP contribution >= 0.6 is 23.1 Å². The van der Waals surface area contributed by atoms with Crippen LogP contribution in [0.1, 0.15) is 13.8 Å². The fourth-order valence-electron chi connectivity index (χ4n) is 1.87. The minimum Gasteiger partial charge on any atom is -0.431 e. The summed E-state index contributed by atoms with van der Waals surface area (Å²) in [6.45, 7) is 3.33. The van der Waals surface area contributed by atoms with Crippen LogP contribution in [0.5, 0.6) is 0 Å². The summed E-state index contributed by atoms with van der Waals surface area (Å²) >= 11 is 2.37. The number of amides is 1. The van der Waals surface area contributed by atoms with Crippen LogP contribution in [0.25, 0.3) is 11.1 Å². The third kappa shape index (κ3) is 3.43. The molecule has 2 heterocycles. The molecule has 3 rings (SSSR count). The maximum atomic E-state index is 12.4. The number of nitrogens with zero attached hydrogens (tertiary/aromatic N) is 2. The van der Waals surface area contributed by atoms with E-state index in [-0.39, 0.29) is 0 Å². The Balaban J connectivity index is 1.74. The van der Waals surface area contributed by atoms with Gasteiger partial charge in [0.25, 0.3) is 11.1 Å². The first-order valence-electron chi connectivity index (χ1n) is 6.75. The van der Waals surface area contributed by atoms with Crippen molar-refractivity contribution in [1.29, 1.82) is 0 Å². The predicted octanol–water partition coefficient (Wildman–Crippen LogP) is 3.36. The van der Waals surface area contributed by atoms with Crippen LogP contribution in [0.2, 0.25) is 0 Å². The summed E-state index contributed by atoms with van der Waals surface area (Å²) in [5, 5.41) is 4.96. The summed E-state index contributed by atoms with van der Waals surface area (Å²) < 4.78 is 4.59. The Bertz CT molecular complexity index is 823. The van der Waals surface area contributed by atoms with Gasteiger partial charge in [0.05, 0.1) is 4.75 Å². The molecule has 1 amide bonds. The highest BCUT2D eigenvalue weighted by molar-refractivity contribution is 8.01. The number of fused-ring (bicyclic) bond motifs is 1. The monoisotopic (exact) mass is 347 g/mol. The molecule has 0 aliphatic rings. The molecule has 0 atom stereocenters. The van der Waals surface area contributed by atoms with Crippen molar-refractivity contribution in [3.63, 3.8) is 0 Å². The molecule has 0 unspecified atom stereocenters. The van der Waals surface area contributed by atoms with E-state index in [2.05, 4.69) is 15.3 Å². The van der Waals surface area contributed by atoms with Crippen LogP contribution < -0.4 is 5.32 Å².